The van der Waals surface area contributed by atoms with Gasteiger partial charge in [0.2, 0.25) is 5.91 Å². The monoisotopic (exact) mass is 219 g/mol. The Morgan fingerprint density at radius 3 is 2.43 bits per heavy atom. The van der Waals surface area contributed by atoms with Gasteiger partial charge in [0.25, 0.3) is 0 Å². The summed E-state index contributed by atoms with van der Waals surface area (Å²) in [5.74, 6) is -0.888. The lowest BCUT2D eigenvalue weighted by Gasteiger charge is -2.15. The van der Waals surface area contributed by atoms with Crippen LogP contribution in [0.1, 0.15) is 20.3 Å². The number of thioether (sulfide) groups is 1. The third-order valence-electron chi connectivity index (χ3n) is 2.01. The van der Waals surface area contributed by atoms with Gasteiger partial charge in [0.05, 0.1) is 0 Å². The molecule has 0 bridgehead atoms. The highest BCUT2D eigenvalue weighted by Crippen LogP contribution is 2.03. The van der Waals surface area contributed by atoms with Crippen molar-refractivity contribution in [2.24, 2.45) is 5.92 Å². The van der Waals surface area contributed by atoms with Crippen LogP contribution in [0.4, 0.5) is 0 Å². The number of carbonyl (C=O) groups is 2. The van der Waals surface area contributed by atoms with Crippen molar-refractivity contribution in [2.45, 2.75) is 26.3 Å². The fourth-order valence-electron chi connectivity index (χ4n) is 0.841. The Kier molecular flexibility index (Phi) is 6.36. The van der Waals surface area contributed by atoms with Gasteiger partial charge in [-0.1, -0.05) is 13.8 Å². The summed E-state index contributed by atoms with van der Waals surface area (Å²) in [5.41, 5.74) is 0. The Bertz CT molecular complexity index is 208. The van der Waals surface area contributed by atoms with E-state index in [1.807, 2.05) is 13.2 Å². The van der Waals surface area contributed by atoms with Gasteiger partial charge in [0, 0.05) is 11.7 Å². The molecule has 0 aromatic rings. The molecule has 0 aromatic carbocycles. The molecular weight excluding hydrogens is 202 g/mol. The van der Waals surface area contributed by atoms with E-state index in [1.54, 1.807) is 6.92 Å². The molecule has 2 N–H and O–H groups in total. The van der Waals surface area contributed by atoms with E-state index in [1.165, 1.54) is 11.8 Å². The van der Waals surface area contributed by atoms with E-state index in [-0.39, 0.29) is 11.8 Å². The molecule has 0 radical (unpaired) electrons. The molecule has 0 aromatic heterocycles. The Balaban J connectivity index is 4.15. The van der Waals surface area contributed by atoms with Crippen LogP contribution >= 0.6 is 11.8 Å². The van der Waals surface area contributed by atoms with Gasteiger partial charge in [0.1, 0.15) is 6.04 Å². The number of aliphatic carboxylic acids is 1. The highest BCUT2D eigenvalue weighted by atomic mass is 32.2. The third kappa shape index (κ3) is 4.50. The van der Waals surface area contributed by atoms with Gasteiger partial charge >= 0.3 is 5.97 Å². The lowest BCUT2D eigenvalue weighted by atomic mass is 10.1. The second kappa shape index (κ2) is 6.70. The first-order valence-electron chi connectivity index (χ1n) is 4.55. The van der Waals surface area contributed by atoms with Gasteiger partial charge in [-0.2, -0.15) is 11.8 Å². The van der Waals surface area contributed by atoms with Crippen LogP contribution in [-0.4, -0.2) is 35.0 Å². The minimum Gasteiger partial charge on any atom is -0.480 e. The highest BCUT2D eigenvalue weighted by Gasteiger charge is 2.21. The van der Waals surface area contributed by atoms with Crippen molar-refractivity contribution in [3.63, 3.8) is 0 Å². The minimum atomic E-state index is -0.976. The Morgan fingerprint density at radius 1 is 1.50 bits per heavy atom. The maximum atomic E-state index is 11.4. The van der Waals surface area contributed by atoms with Gasteiger partial charge in [-0.25, -0.2) is 4.79 Å². The summed E-state index contributed by atoms with van der Waals surface area (Å²) < 4.78 is 0. The predicted octanol–water partition coefficient (Wildman–Crippen LogP) is 0.965. The van der Waals surface area contributed by atoms with Crippen molar-refractivity contribution in [3.8, 4) is 0 Å². The number of carboxylic acid groups (broad SMARTS) is 1. The third-order valence-corrected chi connectivity index (χ3v) is 2.67. The molecule has 5 heteroatoms. The average Bonchev–Trinajstić information content (AvgIpc) is 2.15. The van der Waals surface area contributed by atoms with E-state index in [0.717, 1.165) is 6.42 Å². The van der Waals surface area contributed by atoms with Crippen LogP contribution in [0.15, 0.2) is 0 Å². The lowest BCUT2D eigenvalue weighted by Crippen LogP contribution is -2.44. The summed E-state index contributed by atoms with van der Waals surface area (Å²) in [6, 6.07) is -0.772. The zero-order chi connectivity index (χ0) is 11.1. The van der Waals surface area contributed by atoms with Crippen LogP contribution in [0.5, 0.6) is 0 Å². The molecule has 0 fully saturated rings. The van der Waals surface area contributed by atoms with Crippen LogP contribution in [0.3, 0.4) is 0 Å². The zero-order valence-electron chi connectivity index (χ0n) is 8.74. The molecule has 2 atom stereocenters. The molecule has 14 heavy (non-hydrogen) atoms. The molecule has 0 spiro atoms. The molecule has 0 heterocycles. The Hall–Kier alpha value is -0.710. The minimum absolute atomic E-state index is 0.126. The first kappa shape index (κ1) is 13.3. The smallest absolute Gasteiger partial charge is 0.327 e. The molecule has 0 saturated heterocycles. The largest absolute Gasteiger partial charge is 0.480 e. The van der Waals surface area contributed by atoms with Gasteiger partial charge in [-0.05, 0) is 12.7 Å². The van der Waals surface area contributed by atoms with Gasteiger partial charge in [-0.3, -0.25) is 4.79 Å². The van der Waals surface area contributed by atoms with E-state index in [4.69, 9.17) is 5.11 Å². The van der Waals surface area contributed by atoms with Crippen LogP contribution in [0.2, 0.25) is 0 Å². The standard InChI is InChI=1S/C9H17NO3S/c1-4-6(2)8(11)10-7(5-14-3)9(12)13/h6-7H,4-5H2,1-3H3,(H,10,11)(H,12,13)/t6?,7-/m0/s1. The average molecular weight is 219 g/mol. The molecule has 82 valence electrons. The van der Waals surface area contributed by atoms with Crippen molar-refractivity contribution in [2.75, 3.05) is 12.0 Å². The molecular formula is C9H17NO3S. The van der Waals surface area contributed by atoms with Crippen LogP contribution in [0.25, 0.3) is 0 Å². The normalized spacial score (nSPS) is 14.5. The van der Waals surface area contributed by atoms with E-state index in [2.05, 4.69) is 5.32 Å². The molecule has 0 aliphatic heterocycles. The Labute approximate surface area is 88.4 Å². The first-order valence-corrected chi connectivity index (χ1v) is 5.94. The van der Waals surface area contributed by atoms with E-state index >= 15 is 0 Å². The summed E-state index contributed by atoms with van der Waals surface area (Å²) in [6.07, 6.45) is 2.53. The number of carbonyl (C=O) groups excluding carboxylic acids is 1. The first-order chi connectivity index (χ1) is 6.52. The Morgan fingerprint density at radius 2 is 2.07 bits per heavy atom. The summed E-state index contributed by atoms with van der Waals surface area (Å²) in [6.45, 7) is 3.68. The molecule has 4 nitrogen and oxygen atoms in total. The number of hydrogen-bond acceptors (Lipinski definition) is 3. The zero-order valence-corrected chi connectivity index (χ0v) is 9.56. The molecule has 0 aliphatic rings. The molecule has 0 aliphatic carbocycles. The van der Waals surface area contributed by atoms with Gasteiger partial charge in [0.15, 0.2) is 0 Å². The molecule has 0 rings (SSSR count). The number of hydrogen-bond donors (Lipinski definition) is 2. The summed E-state index contributed by atoms with van der Waals surface area (Å²) >= 11 is 1.40. The lowest BCUT2D eigenvalue weighted by molar-refractivity contribution is -0.141. The summed E-state index contributed by atoms with van der Waals surface area (Å²) in [5, 5.41) is 11.3. The van der Waals surface area contributed by atoms with Crippen LogP contribution < -0.4 is 5.32 Å². The second-order valence-corrected chi connectivity index (χ2v) is 4.07. The SMILES string of the molecule is CCC(C)C(=O)N[C@@H](CSC)C(=O)O. The number of amides is 1. The summed E-state index contributed by atoms with van der Waals surface area (Å²) in [7, 11) is 0. The van der Waals surface area contributed by atoms with Gasteiger partial charge < -0.3 is 10.4 Å². The molecule has 1 amide bonds. The fraction of sp³-hybridized carbons (Fsp3) is 0.778. The van der Waals surface area contributed by atoms with Gasteiger partial charge in [-0.15, -0.1) is 0 Å². The van der Waals surface area contributed by atoms with E-state index < -0.39 is 12.0 Å². The van der Waals surface area contributed by atoms with Crippen LogP contribution in [-0.2, 0) is 9.59 Å². The van der Waals surface area contributed by atoms with E-state index in [0.29, 0.717) is 5.75 Å². The van der Waals surface area contributed by atoms with Crippen molar-refractivity contribution in [1.82, 2.24) is 5.32 Å². The summed E-state index contributed by atoms with van der Waals surface area (Å²) in [4.78, 5) is 22.1. The number of rotatable bonds is 6. The number of carboxylic acids is 1. The quantitative estimate of drug-likeness (QED) is 0.698. The van der Waals surface area contributed by atoms with Crippen molar-refractivity contribution < 1.29 is 14.7 Å². The number of nitrogens with one attached hydrogen (secondary N) is 1. The fourth-order valence-corrected chi connectivity index (χ4v) is 1.40. The van der Waals surface area contributed by atoms with Crippen LogP contribution in [0, 0.1) is 5.92 Å². The van der Waals surface area contributed by atoms with Crippen molar-refractivity contribution >= 4 is 23.6 Å². The maximum absolute atomic E-state index is 11.4. The molecule has 1 unspecified atom stereocenters. The highest BCUT2D eigenvalue weighted by molar-refractivity contribution is 7.98. The topological polar surface area (TPSA) is 66.4 Å². The second-order valence-electron chi connectivity index (χ2n) is 3.16. The van der Waals surface area contributed by atoms with Crippen molar-refractivity contribution in [1.29, 1.82) is 0 Å². The molecule has 0 saturated carbocycles. The predicted molar refractivity (Wildman–Crippen MR) is 57.4 cm³/mol. The van der Waals surface area contributed by atoms with Crippen molar-refractivity contribution in [3.05, 3.63) is 0 Å². The maximum Gasteiger partial charge on any atom is 0.327 e. The van der Waals surface area contributed by atoms with E-state index in [9.17, 15) is 9.59 Å².